The second-order valence-electron chi connectivity index (χ2n) is 7.23. The van der Waals surface area contributed by atoms with Gasteiger partial charge in [-0.2, -0.15) is 0 Å². The Bertz CT molecular complexity index is 798. The fraction of sp³-hybridized carbons (Fsp3) is 0.500. The van der Waals surface area contributed by atoms with Crippen molar-refractivity contribution >= 4 is 5.69 Å². The molecule has 0 aliphatic heterocycles. The van der Waals surface area contributed by atoms with Gasteiger partial charge >= 0.3 is 0 Å². The average Bonchev–Trinajstić information content (AvgIpc) is 2.53. The van der Waals surface area contributed by atoms with Crippen molar-refractivity contribution in [2.24, 2.45) is 11.8 Å². The number of hydrogen-bond acceptors (Lipinski definition) is 3. The highest BCUT2D eigenvalue weighted by molar-refractivity contribution is 5.82. The Kier molecular flexibility index (Phi) is 4.13. The third-order valence-corrected chi connectivity index (χ3v) is 5.74. The molecule has 1 saturated carbocycles. The summed E-state index contributed by atoms with van der Waals surface area (Å²) in [6, 6.07) is 6.24. The van der Waals surface area contributed by atoms with Crippen LogP contribution in [0.25, 0.3) is 11.1 Å². The van der Waals surface area contributed by atoms with E-state index in [4.69, 9.17) is 0 Å². The molecule has 0 unspecified atom stereocenters. The van der Waals surface area contributed by atoms with E-state index >= 15 is 0 Å². The van der Waals surface area contributed by atoms with Crippen molar-refractivity contribution in [3.8, 4) is 11.1 Å². The zero-order valence-corrected chi connectivity index (χ0v) is 14.4. The predicted molar refractivity (Wildman–Crippen MR) is 95.9 cm³/mol. The van der Waals surface area contributed by atoms with Crippen molar-refractivity contribution < 1.29 is 0 Å². The number of nitrogens with one attached hydrogen (secondary N) is 1. The lowest BCUT2D eigenvalue weighted by Gasteiger charge is -2.35. The van der Waals surface area contributed by atoms with Crippen molar-refractivity contribution in [3.63, 3.8) is 0 Å². The number of aryl methyl sites for hydroxylation is 2. The molecule has 0 heterocycles. The minimum absolute atomic E-state index is 0.285. The SMILES string of the molecule is Cc1ccc(-c2c(N[C@@H]3CCC[C@H](C)[C@@H]3C)c(=O)c2=O)cc1C. The van der Waals surface area contributed by atoms with E-state index in [9.17, 15) is 9.59 Å². The van der Waals surface area contributed by atoms with Crippen LogP contribution in [0.2, 0.25) is 0 Å². The monoisotopic (exact) mass is 311 g/mol. The van der Waals surface area contributed by atoms with E-state index in [1.165, 1.54) is 18.4 Å². The molecule has 1 N–H and O–H groups in total. The minimum Gasteiger partial charge on any atom is -0.378 e. The van der Waals surface area contributed by atoms with Gasteiger partial charge in [-0.05, 0) is 48.8 Å². The fourth-order valence-corrected chi connectivity index (χ4v) is 3.67. The van der Waals surface area contributed by atoms with Crippen LogP contribution in [0.15, 0.2) is 27.8 Å². The predicted octanol–water partition coefficient (Wildman–Crippen LogP) is 3.80. The maximum Gasteiger partial charge on any atom is 0.250 e. The van der Waals surface area contributed by atoms with E-state index in [1.54, 1.807) is 0 Å². The van der Waals surface area contributed by atoms with Crippen LogP contribution in [0.5, 0.6) is 0 Å². The summed E-state index contributed by atoms with van der Waals surface area (Å²) in [6.07, 6.45) is 3.49. The zero-order valence-electron chi connectivity index (χ0n) is 14.4. The van der Waals surface area contributed by atoms with Crippen LogP contribution in [0.3, 0.4) is 0 Å². The summed E-state index contributed by atoms with van der Waals surface area (Å²) in [6.45, 7) is 8.58. The van der Waals surface area contributed by atoms with Gasteiger partial charge in [0.2, 0.25) is 10.9 Å². The van der Waals surface area contributed by atoms with Gasteiger partial charge in [-0.1, -0.05) is 44.9 Å². The molecule has 1 fully saturated rings. The molecule has 3 atom stereocenters. The highest BCUT2D eigenvalue weighted by Gasteiger charge is 2.30. The molecule has 2 aromatic rings. The molecule has 0 spiro atoms. The Labute approximate surface area is 137 Å². The molecular formula is C20H25NO2. The Morgan fingerprint density at radius 2 is 1.74 bits per heavy atom. The lowest BCUT2D eigenvalue weighted by molar-refractivity contribution is 0.253. The Morgan fingerprint density at radius 3 is 2.43 bits per heavy atom. The van der Waals surface area contributed by atoms with Gasteiger partial charge in [-0.25, -0.2) is 0 Å². The van der Waals surface area contributed by atoms with Gasteiger partial charge in [0.05, 0.1) is 11.3 Å². The third-order valence-electron chi connectivity index (χ3n) is 5.74. The number of anilines is 1. The summed E-state index contributed by atoms with van der Waals surface area (Å²) >= 11 is 0. The largest absolute Gasteiger partial charge is 0.378 e. The second-order valence-corrected chi connectivity index (χ2v) is 7.23. The van der Waals surface area contributed by atoms with E-state index in [0.717, 1.165) is 17.5 Å². The molecule has 0 radical (unpaired) electrons. The standard InChI is InChI=1S/C20H25NO2/c1-11-8-9-15(10-13(11)3)17-18(20(23)19(17)22)21-16-7-5-6-12(2)14(16)4/h8-10,12,14,16,21H,5-7H2,1-4H3/t12-,14-,16+/m0/s1. The highest BCUT2D eigenvalue weighted by atomic mass is 16.2. The number of rotatable bonds is 3. The Morgan fingerprint density at radius 1 is 1.00 bits per heavy atom. The van der Waals surface area contributed by atoms with Crippen LogP contribution in [0.1, 0.15) is 44.2 Å². The Balaban J connectivity index is 1.92. The van der Waals surface area contributed by atoms with Gasteiger partial charge in [0, 0.05) is 6.04 Å². The van der Waals surface area contributed by atoms with Gasteiger partial charge in [-0.15, -0.1) is 0 Å². The first-order valence-electron chi connectivity index (χ1n) is 8.57. The fourth-order valence-electron chi connectivity index (χ4n) is 3.67. The van der Waals surface area contributed by atoms with E-state index in [-0.39, 0.29) is 16.9 Å². The molecule has 0 amide bonds. The van der Waals surface area contributed by atoms with Gasteiger partial charge in [0.15, 0.2) is 0 Å². The molecule has 3 nitrogen and oxygen atoms in total. The molecule has 1 aliphatic rings. The average molecular weight is 311 g/mol. The van der Waals surface area contributed by atoms with Crippen molar-refractivity contribution in [3.05, 3.63) is 49.8 Å². The van der Waals surface area contributed by atoms with Crippen molar-refractivity contribution in [2.75, 3.05) is 5.32 Å². The van der Waals surface area contributed by atoms with Crippen LogP contribution < -0.4 is 16.2 Å². The molecule has 0 bridgehead atoms. The van der Waals surface area contributed by atoms with E-state index in [0.29, 0.717) is 23.1 Å². The molecule has 0 saturated heterocycles. The quantitative estimate of drug-likeness (QED) is 0.877. The third kappa shape index (κ3) is 2.73. The molecular weight excluding hydrogens is 286 g/mol. The Hall–Kier alpha value is -1.90. The smallest absolute Gasteiger partial charge is 0.250 e. The topological polar surface area (TPSA) is 46.2 Å². The molecule has 3 rings (SSSR count). The van der Waals surface area contributed by atoms with Crippen LogP contribution in [0, 0.1) is 25.7 Å². The number of benzene rings is 1. The maximum absolute atomic E-state index is 12.1. The molecule has 1 aliphatic carbocycles. The minimum atomic E-state index is -0.358. The first kappa shape index (κ1) is 16.0. The van der Waals surface area contributed by atoms with Crippen LogP contribution >= 0.6 is 0 Å². The van der Waals surface area contributed by atoms with Crippen molar-refractivity contribution in [1.29, 1.82) is 0 Å². The molecule has 3 heteroatoms. The van der Waals surface area contributed by atoms with Crippen LogP contribution in [0.4, 0.5) is 5.69 Å². The number of hydrogen-bond donors (Lipinski definition) is 1. The van der Waals surface area contributed by atoms with Crippen molar-refractivity contribution in [2.45, 2.75) is 53.0 Å². The summed E-state index contributed by atoms with van der Waals surface area (Å²) in [5.41, 5.74) is 3.58. The van der Waals surface area contributed by atoms with Gasteiger partial charge < -0.3 is 5.32 Å². The van der Waals surface area contributed by atoms with Gasteiger partial charge in [-0.3, -0.25) is 9.59 Å². The lowest BCUT2D eigenvalue weighted by atomic mass is 9.77. The second kappa shape index (κ2) is 5.95. The maximum atomic E-state index is 12.1. The summed E-state index contributed by atoms with van der Waals surface area (Å²) in [4.78, 5) is 24.2. The first-order valence-corrected chi connectivity index (χ1v) is 8.57. The summed E-state index contributed by atoms with van der Waals surface area (Å²) in [5.74, 6) is 1.17. The zero-order chi connectivity index (χ0) is 16.7. The van der Waals surface area contributed by atoms with Gasteiger partial charge in [0.25, 0.3) is 0 Å². The summed E-state index contributed by atoms with van der Waals surface area (Å²) in [7, 11) is 0. The summed E-state index contributed by atoms with van der Waals surface area (Å²) < 4.78 is 0. The normalized spacial score (nSPS) is 24.8. The molecule has 122 valence electrons. The highest BCUT2D eigenvalue weighted by Crippen LogP contribution is 2.33. The van der Waals surface area contributed by atoms with E-state index in [1.807, 2.05) is 32.0 Å². The van der Waals surface area contributed by atoms with Crippen molar-refractivity contribution in [1.82, 2.24) is 0 Å². The lowest BCUT2D eigenvalue weighted by Crippen LogP contribution is -2.42. The molecule has 23 heavy (non-hydrogen) atoms. The van der Waals surface area contributed by atoms with E-state index in [2.05, 4.69) is 19.2 Å². The molecule has 2 aromatic carbocycles. The van der Waals surface area contributed by atoms with Crippen LogP contribution in [-0.4, -0.2) is 6.04 Å². The van der Waals surface area contributed by atoms with Gasteiger partial charge in [0.1, 0.15) is 0 Å². The van der Waals surface area contributed by atoms with E-state index < -0.39 is 0 Å². The van der Waals surface area contributed by atoms with Crippen LogP contribution in [-0.2, 0) is 0 Å². The summed E-state index contributed by atoms with van der Waals surface area (Å²) in [5, 5.41) is 3.41. The molecule has 0 aromatic heterocycles. The first-order chi connectivity index (χ1) is 10.9.